The lowest BCUT2D eigenvalue weighted by atomic mass is 9.95. The Kier molecular flexibility index (Phi) is 9.42. The molecule has 2 amide bonds. The van der Waals surface area contributed by atoms with Gasteiger partial charge in [0.15, 0.2) is 0 Å². The third-order valence-corrected chi connectivity index (χ3v) is 5.00. The molecule has 0 spiro atoms. The summed E-state index contributed by atoms with van der Waals surface area (Å²) in [5.41, 5.74) is 1.34. The molecule has 0 aliphatic carbocycles. The Labute approximate surface area is 194 Å². The summed E-state index contributed by atoms with van der Waals surface area (Å²) in [5.74, 6) is -0.639. The van der Waals surface area contributed by atoms with Gasteiger partial charge in [-0.15, -0.1) is 0 Å². The van der Waals surface area contributed by atoms with Crippen LogP contribution in [-0.2, 0) is 14.3 Å². The molecule has 0 heterocycles. The maximum absolute atomic E-state index is 12.8. The molecule has 8 nitrogen and oxygen atoms in total. The highest BCUT2D eigenvalue weighted by Crippen LogP contribution is 2.22. The van der Waals surface area contributed by atoms with E-state index in [4.69, 9.17) is 14.7 Å². The lowest BCUT2D eigenvalue weighted by Gasteiger charge is -2.24. The molecule has 0 saturated carbocycles. The fourth-order valence-corrected chi connectivity index (χ4v) is 3.02. The molecular formula is C25H32N2O6. The largest absolute Gasteiger partial charge is 0.463 e. The van der Waals surface area contributed by atoms with Crippen LogP contribution < -0.4 is 15.5 Å². The van der Waals surface area contributed by atoms with E-state index in [0.29, 0.717) is 23.5 Å². The number of hydroxylamine groups is 1. The summed E-state index contributed by atoms with van der Waals surface area (Å²) in [6, 6.07) is 15.3. The summed E-state index contributed by atoms with van der Waals surface area (Å²) in [6.07, 6.45) is 0.638. The van der Waals surface area contributed by atoms with Crippen LogP contribution in [0.2, 0.25) is 0 Å². The second kappa shape index (κ2) is 12.0. The third kappa shape index (κ3) is 8.23. The SMILES string of the molecule is CCC(CC(COC(=O)C(C)(C)C)NC(=O)c1ccc(Oc2ccccc2)cc1)C(=O)NO. The Morgan fingerprint density at radius 1 is 0.970 bits per heavy atom. The second-order valence-corrected chi connectivity index (χ2v) is 8.78. The fraction of sp³-hybridized carbons (Fsp3) is 0.400. The van der Waals surface area contributed by atoms with Crippen LogP contribution >= 0.6 is 0 Å². The highest BCUT2D eigenvalue weighted by molar-refractivity contribution is 5.94. The van der Waals surface area contributed by atoms with Gasteiger partial charge in [0.2, 0.25) is 5.91 Å². The minimum absolute atomic E-state index is 0.0910. The summed E-state index contributed by atoms with van der Waals surface area (Å²) < 4.78 is 11.1. The number of ether oxygens (including phenoxy) is 2. The Balaban J connectivity index is 2.08. The average Bonchev–Trinajstić information content (AvgIpc) is 2.80. The first-order valence-corrected chi connectivity index (χ1v) is 10.9. The zero-order valence-electron chi connectivity index (χ0n) is 19.5. The van der Waals surface area contributed by atoms with Crippen molar-refractivity contribution in [2.45, 2.75) is 46.6 Å². The zero-order valence-corrected chi connectivity index (χ0v) is 19.5. The third-order valence-electron chi connectivity index (χ3n) is 5.00. The fourth-order valence-electron chi connectivity index (χ4n) is 3.02. The lowest BCUT2D eigenvalue weighted by Crippen LogP contribution is -2.43. The molecule has 2 rings (SSSR count). The van der Waals surface area contributed by atoms with Crippen molar-refractivity contribution in [3.05, 3.63) is 60.2 Å². The summed E-state index contributed by atoms with van der Waals surface area (Å²) in [4.78, 5) is 36.9. The second-order valence-electron chi connectivity index (χ2n) is 8.78. The minimum Gasteiger partial charge on any atom is -0.463 e. The van der Waals surface area contributed by atoms with Gasteiger partial charge in [-0.25, -0.2) is 5.48 Å². The van der Waals surface area contributed by atoms with Gasteiger partial charge in [0.1, 0.15) is 18.1 Å². The van der Waals surface area contributed by atoms with Crippen LogP contribution in [0.1, 0.15) is 50.9 Å². The molecule has 0 aromatic heterocycles. The van der Waals surface area contributed by atoms with Gasteiger partial charge in [-0.2, -0.15) is 0 Å². The van der Waals surface area contributed by atoms with Gasteiger partial charge in [-0.3, -0.25) is 19.6 Å². The van der Waals surface area contributed by atoms with E-state index >= 15 is 0 Å². The predicted octanol–water partition coefficient (Wildman–Crippen LogP) is 4.09. The molecule has 0 bridgehead atoms. The maximum Gasteiger partial charge on any atom is 0.311 e. The Morgan fingerprint density at radius 3 is 2.12 bits per heavy atom. The molecule has 33 heavy (non-hydrogen) atoms. The number of carbonyl (C=O) groups excluding carboxylic acids is 3. The van der Waals surface area contributed by atoms with Crippen molar-refractivity contribution in [3.63, 3.8) is 0 Å². The Bertz CT molecular complexity index is 922. The summed E-state index contributed by atoms with van der Waals surface area (Å²) >= 11 is 0. The zero-order chi connectivity index (χ0) is 24.4. The van der Waals surface area contributed by atoms with Crippen molar-refractivity contribution in [2.75, 3.05) is 6.61 Å². The maximum atomic E-state index is 12.8. The molecule has 8 heteroatoms. The molecular weight excluding hydrogens is 424 g/mol. The number of esters is 1. The topological polar surface area (TPSA) is 114 Å². The van der Waals surface area contributed by atoms with Crippen molar-refractivity contribution < 1.29 is 29.1 Å². The van der Waals surface area contributed by atoms with E-state index in [1.54, 1.807) is 57.4 Å². The number of para-hydroxylation sites is 1. The molecule has 0 fully saturated rings. The van der Waals surface area contributed by atoms with Crippen LogP contribution in [0.3, 0.4) is 0 Å². The van der Waals surface area contributed by atoms with E-state index in [-0.39, 0.29) is 18.9 Å². The predicted molar refractivity (Wildman–Crippen MR) is 123 cm³/mol. The van der Waals surface area contributed by atoms with Gasteiger partial charge >= 0.3 is 5.97 Å². The molecule has 0 radical (unpaired) electrons. The summed E-state index contributed by atoms with van der Waals surface area (Å²) in [6.45, 7) is 6.90. The first-order chi connectivity index (χ1) is 15.6. The van der Waals surface area contributed by atoms with Crippen LogP contribution in [0.25, 0.3) is 0 Å². The van der Waals surface area contributed by atoms with Crippen molar-refractivity contribution in [3.8, 4) is 11.5 Å². The number of amides is 2. The van der Waals surface area contributed by atoms with Gasteiger partial charge < -0.3 is 14.8 Å². The average molecular weight is 457 g/mol. The van der Waals surface area contributed by atoms with E-state index in [1.807, 2.05) is 30.3 Å². The van der Waals surface area contributed by atoms with Gasteiger partial charge in [0.25, 0.3) is 5.91 Å². The molecule has 0 saturated heterocycles. The summed E-state index contributed by atoms with van der Waals surface area (Å²) in [5, 5.41) is 11.8. The molecule has 3 N–H and O–H groups in total. The van der Waals surface area contributed by atoms with Crippen LogP contribution in [0.5, 0.6) is 11.5 Å². The van der Waals surface area contributed by atoms with Crippen molar-refractivity contribution in [1.82, 2.24) is 10.8 Å². The molecule has 2 unspecified atom stereocenters. The number of benzene rings is 2. The van der Waals surface area contributed by atoms with E-state index in [9.17, 15) is 14.4 Å². The number of hydrogen-bond donors (Lipinski definition) is 3. The van der Waals surface area contributed by atoms with Gasteiger partial charge in [0.05, 0.1) is 11.5 Å². The Hall–Kier alpha value is -3.39. The number of carbonyl (C=O) groups is 3. The van der Waals surface area contributed by atoms with Crippen LogP contribution in [0.4, 0.5) is 0 Å². The lowest BCUT2D eigenvalue weighted by molar-refractivity contribution is -0.153. The number of nitrogens with one attached hydrogen (secondary N) is 2. The van der Waals surface area contributed by atoms with E-state index in [1.165, 1.54) is 0 Å². The highest BCUT2D eigenvalue weighted by atomic mass is 16.5. The highest BCUT2D eigenvalue weighted by Gasteiger charge is 2.27. The van der Waals surface area contributed by atoms with Gasteiger partial charge in [-0.05, 0) is 70.0 Å². The molecule has 2 aromatic rings. The molecule has 0 aliphatic heterocycles. The van der Waals surface area contributed by atoms with Crippen LogP contribution in [0, 0.1) is 11.3 Å². The Morgan fingerprint density at radius 2 is 1.58 bits per heavy atom. The van der Waals surface area contributed by atoms with E-state index in [0.717, 1.165) is 0 Å². The van der Waals surface area contributed by atoms with E-state index < -0.39 is 29.3 Å². The molecule has 0 aliphatic rings. The minimum atomic E-state index is -0.699. The van der Waals surface area contributed by atoms with Crippen LogP contribution in [0.15, 0.2) is 54.6 Å². The summed E-state index contributed by atoms with van der Waals surface area (Å²) in [7, 11) is 0. The van der Waals surface area contributed by atoms with Crippen molar-refractivity contribution in [2.24, 2.45) is 11.3 Å². The first-order valence-electron chi connectivity index (χ1n) is 10.9. The standard InChI is InChI=1S/C25H32N2O6/c1-5-17(23(29)27-31)15-19(16-32-24(30)25(2,3)4)26-22(28)18-11-13-21(14-12-18)33-20-9-7-6-8-10-20/h6-14,17,19,31H,5,15-16H2,1-4H3,(H,26,28)(H,27,29). The van der Waals surface area contributed by atoms with Gasteiger partial charge in [0, 0.05) is 11.5 Å². The molecule has 2 aromatic carbocycles. The van der Waals surface area contributed by atoms with E-state index in [2.05, 4.69) is 5.32 Å². The van der Waals surface area contributed by atoms with Crippen molar-refractivity contribution in [1.29, 1.82) is 0 Å². The smallest absolute Gasteiger partial charge is 0.311 e. The first kappa shape index (κ1) is 25.9. The molecule has 178 valence electrons. The normalized spacial score (nSPS) is 12.9. The van der Waals surface area contributed by atoms with Crippen molar-refractivity contribution >= 4 is 17.8 Å². The van der Waals surface area contributed by atoms with Crippen LogP contribution in [-0.4, -0.2) is 35.6 Å². The quantitative estimate of drug-likeness (QED) is 0.282. The number of hydrogen-bond acceptors (Lipinski definition) is 6. The molecule has 2 atom stereocenters. The monoisotopic (exact) mass is 456 g/mol. The number of rotatable bonds is 10. The van der Waals surface area contributed by atoms with Gasteiger partial charge in [-0.1, -0.05) is 25.1 Å².